The van der Waals surface area contributed by atoms with E-state index in [0.717, 1.165) is 13.1 Å². The summed E-state index contributed by atoms with van der Waals surface area (Å²) in [5.74, 6) is 5.31. The van der Waals surface area contributed by atoms with Gasteiger partial charge in [0.1, 0.15) is 0 Å². The summed E-state index contributed by atoms with van der Waals surface area (Å²) >= 11 is 0. The second-order valence-corrected chi connectivity index (χ2v) is 1.39. The molecule has 8 heavy (non-hydrogen) atoms. The first-order valence-electron chi connectivity index (χ1n) is 2.83. The molecular weight excluding hydrogens is 104 g/mol. The number of hydrogen-bond donors (Lipinski definition) is 3. The molecule has 0 aliphatic carbocycles. The largest absolute Gasteiger partial charge is 0.241 e. The van der Waals surface area contributed by atoms with Crippen LogP contribution in [0.25, 0.3) is 0 Å². The zero-order valence-corrected chi connectivity index (χ0v) is 5.44. The molecule has 0 fully saturated rings. The molecule has 0 aromatic rings. The van der Waals surface area contributed by atoms with Crippen LogP contribution in [0.1, 0.15) is 13.8 Å². The Balaban J connectivity index is 2.92. The second-order valence-electron chi connectivity index (χ2n) is 1.39. The van der Waals surface area contributed by atoms with Crippen molar-refractivity contribution < 1.29 is 0 Å². The van der Waals surface area contributed by atoms with E-state index in [9.17, 15) is 0 Å². The van der Waals surface area contributed by atoms with E-state index in [1.807, 2.05) is 13.8 Å². The van der Waals surface area contributed by atoms with Crippen LogP contribution in [-0.2, 0) is 0 Å². The smallest absolute Gasteiger partial charge is 0.0101 e. The third-order valence-electron chi connectivity index (χ3n) is 0.657. The van der Waals surface area contributed by atoms with Crippen molar-refractivity contribution in [1.29, 1.82) is 0 Å². The highest BCUT2D eigenvalue weighted by atomic mass is 15.8. The van der Waals surface area contributed by atoms with Gasteiger partial charge in [-0.05, 0) is 0 Å². The summed E-state index contributed by atoms with van der Waals surface area (Å²) in [5.41, 5.74) is 5.69. The second kappa shape index (κ2) is 4.99. The van der Waals surface area contributed by atoms with Gasteiger partial charge in [-0.3, -0.25) is 0 Å². The van der Waals surface area contributed by atoms with Gasteiger partial charge in [-0.2, -0.15) is 0 Å². The predicted octanol–water partition coefficient (Wildman–Crippen LogP) is -0.789. The van der Waals surface area contributed by atoms with Crippen molar-refractivity contribution in [1.82, 2.24) is 16.1 Å². The number of nitrogens with one attached hydrogen (secondary N) is 2. The summed E-state index contributed by atoms with van der Waals surface area (Å²) in [7, 11) is 0. The average molecular weight is 118 g/mol. The Morgan fingerprint density at radius 2 is 1.62 bits per heavy atom. The maximum Gasteiger partial charge on any atom is 0.0101 e. The van der Waals surface area contributed by atoms with Gasteiger partial charge < -0.3 is 0 Å². The molecule has 4 N–H and O–H groups in total. The van der Waals surface area contributed by atoms with Gasteiger partial charge in [-0.1, -0.05) is 13.8 Å². The van der Waals surface area contributed by atoms with E-state index in [1.54, 1.807) is 0 Å². The molecule has 0 radical (unpaired) electrons. The Hall–Kier alpha value is -0.160. The third-order valence-corrected chi connectivity index (χ3v) is 0.657. The monoisotopic (exact) mass is 118 g/mol. The quantitative estimate of drug-likeness (QED) is 0.334. The number of rotatable bonds is 4. The Labute approximate surface area is 49.9 Å². The summed E-state index contributed by atoms with van der Waals surface area (Å²) in [6, 6.07) is 0. The van der Waals surface area contributed by atoms with Gasteiger partial charge in [-0.15, -0.1) is 5.23 Å². The van der Waals surface area contributed by atoms with Crippen molar-refractivity contribution >= 4 is 0 Å². The molecule has 0 aromatic heterocycles. The number of hydrazine groups is 3. The molecule has 0 aliphatic rings. The van der Waals surface area contributed by atoms with Crippen molar-refractivity contribution in [2.24, 2.45) is 5.84 Å². The van der Waals surface area contributed by atoms with Crippen LogP contribution >= 0.6 is 0 Å². The Morgan fingerprint density at radius 3 is 1.88 bits per heavy atom. The fourth-order valence-electron chi connectivity index (χ4n) is 0.397. The molecule has 0 unspecified atom stereocenters. The first kappa shape index (κ1) is 7.84. The first-order chi connectivity index (χ1) is 3.81. The molecule has 0 saturated heterocycles. The summed E-state index contributed by atoms with van der Waals surface area (Å²) < 4.78 is 0. The molecule has 0 rings (SSSR count). The molecule has 4 heteroatoms. The van der Waals surface area contributed by atoms with E-state index in [4.69, 9.17) is 5.84 Å². The lowest BCUT2D eigenvalue weighted by Crippen LogP contribution is -2.52. The van der Waals surface area contributed by atoms with E-state index in [2.05, 4.69) is 10.9 Å². The predicted molar refractivity (Wildman–Crippen MR) is 33.4 cm³/mol. The fourth-order valence-corrected chi connectivity index (χ4v) is 0.397. The summed E-state index contributed by atoms with van der Waals surface area (Å²) in [6.45, 7) is 5.64. The lowest BCUT2D eigenvalue weighted by molar-refractivity contribution is 0.122. The normalized spacial score (nSPS) is 10.5. The average Bonchev–Trinajstić information content (AvgIpc) is 1.68. The van der Waals surface area contributed by atoms with E-state index in [0.29, 0.717) is 0 Å². The van der Waals surface area contributed by atoms with Gasteiger partial charge >= 0.3 is 0 Å². The topological polar surface area (TPSA) is 53.3 Å². The van der Waals surface area contributed by atoms with Crippen LogP contribution < -0.4 is 16.7 Å². The van der Waals surface area contributed by atoms with Crippen molar-refractivity contribution in [2.45, 2.75) is 13.8 Å². The molecule has 0 amide bonds. The number of nitrogens with two attached hydrogens (primary N) is 1. The van der Waals surface area contributed by atoms with Crippen molar-refractivity contribution in [3.05, 3.63) is 0 Å². The Bertz CT molecular complexity index is 41.3. The highest BCUT2D eigenvalue weighted by Gasteiger charge is 1.86. The van der Waals surface area contributed by atoms with Crippen LogP contribution in [0.3, 0.4) is 0 Å². The van der Waals surface area contributed by atoms with Crippen LogP contribution in [0.4, 0.5) is 0 Å². The maximum atomic E-state index is 5.31. The molecule has 0 spiro atoms. The fraction of sp³-hybridized carbons (Fsp3) is 1.00. The van der Waals surface area contributed by atoms with Crippen LogP contribution in [0.5, 0.6) is 0 Å². The minimum Gasteiger partial charge on any atom is -0.241 e. The zero-order chi connectivity index (χ0) is 6.41. The van der Waals surface area contributed by atoms with E-state index < -0.39 is 0 Å². The van der Waals surface area contributed by atoms with Crippen LogP contribution in [0.2, 0.25) is 0 Å². The summed E-state index contributed by atoms with van der Waals surface area (Å²) in [4.78, 5) is 0. The van der Waals surface area contributed by atoms with Gasteiger partial charge in [-0.25, -0.2) is 16.7 Å². The van der Waals surface area contributed by atoms with Gasteiger partial charge in [0.25, 0.3) is 0 Å². The molecule has 0 aliphatic heterocycles. The van der Waals surface area contributed by atoms with E-state index in [1.165, 1.54) is 5.23 Å². The van der Waals surface area contributed by atoms with E-state index in [-0.39, 0.29) is 0 Å². The highest BCUT2D eigenvalue weighted by Crippen LogP contribution is 1.57. The number of nitrogens with zero attached hydrogens (tertiary/aromatic N) is 1. The lowest BCUT2D eigenvalue weighted by Gasteiger charge is -2.15. The third kappa shape index (κ3) is 4.01. The molecule has 0 saturated carbocycles. The van der Waals surface area contributed by atoms with Gasteiger partial charge in [0.2, 0.25) is 0 Å². The van der Waals surface area contributed by atoms with Crippen LogP contribution in [0, 0.1) is 0 Å². The van der Waals surface area contributed by atoms with Crippen molar-refractivity contribution in [3.63, 3.8) is 0 Å². The number of hydrogen-bond acceptors (Lipinski definition) is 4. The molecule has 0 bridgehead atoms. The minimum absolute atomic E-state index is 0.837. The summed E-state index contributed by atoms with van der Waals surface area (Å²) in [5, 5.41) is 1.36. The zero-order valence-electron chi connectivity index (χ0n) is 5.44. The first-order valence-corrected chi connectivity index (χ1v) is 2.83. The molecule has 0 atom stereocenters. The van der Waals surface area contributed by atoms with Gasteiger partial charge in [0.15, 0.2) is 0 Å². The standard InChI is InChI=1S/C4H14N4/c1-3-6-8(5)7-4-2/h6-7H,3-5H2,1-2H3. The van der Waals surface area contributed by atoms with Gasteiger partial charge in [0, 0.05) is 13.1 Å². The van der Waals surface area contributed by atoms with E-state index >= 15 is 0 Å². The van der Waals surface area contributed by atoms with Crippen LogP contribution in [0.15, 0.2) is 0 Å². The lowest BCUT2D eigenvalue weighted by atomic mass is 10.8. The van der Waals surface area contributed by atoms with Crippen molar-refractivity contribution in [2.75, 3.05) is 13.1 Å². The molecule has 4 nitrogen and oxygen atoms in total. The highest BCUT2D eigenvalue weighted by molar-refractivity contribution is 4.27. The molecule has 0 heterocycles. The Kier molecular flexibility index (Phi) is 4.89. The molecule has 50 valence electrons. The van der Waals surface area contributed by atoms with Crippen molar-refractivity contribution in [3.8, 4) is 0 Å². The maximum absolute atomic E-state index is 5.31. The SMILES string of the molecule is CCNN(N)NCC. The van der Waals surface area contributed by atoms with Gasteiger partial charge in [0.05, 0.1) is 0 Å². The summed E-state index contributed by atoms with van der Waals surface area (Å²) in [6.07, 6.45) is 0. The molecular formula is C4H14N4. The minimum atomic E-state index is 0.837. The molecule has 0 aromatic carbocycles. The Morgan fingerprint density at radius 1 is 1.25 bits per heavy atom. The van der Waals surface area contributed by atoms with Crippen LogP contribution in [-0.4, -0.2) is 18.3 Å².